The minimum absolute atomic E-state index is 0.674. The molecule has 1 nitrogen and oxygen atoms in total. The van der Waals surface area contributed by atoms with Crippen LogP contribution >= 0.6 is 0 Å². The van der Waals surface area contributed by atoms with Crippen LogP contribution in [0.3, 0.4) is 0 Å². The van der Waals surface area contributed by atoms with Crippen molar-refractivity contribution in [2.45, 2.75) is 13.8 Å². The van der Waals surface area contributed by atoms with Gasteiger partial charge in [0, 0.05) is 0 Å². The van der Waals surface area contributed by atoms with Gasteiger partial charge in [-0.15, -0.1) is 0 Å². The highest BCUT2D eigenvalue weighted by atomic mass is 14.3. The number of nitriles is 1. The standard InChI is InChI=1S/C57H35N/c1-33-29-39(36-25-23-35(32-58)24-26-36)30-34(2)50(33)44-27-28-47-53-43(44)20-12-22-46(53)57-52(38-15-7-4-8-16-38)55-45-21-11-19-42-40-17-9-10-18-41(40)48(54(42)45)31-49(55)51(56(47)57)37-13-5-3-6-14-37/h3-31H,1-2H3. The molecule has 0 bridgehead atoms. The van der Waals surface area contributed by atoms with Crippen molar-refractivity contribution in [3.05, 3.63) is 193 Å². The van der Waals surface area contributed by atoms with Gasteiger partial charge in [0.2, 0.25) is 0 Å². The lowest BCUT2D eigenvalue weighted by atomic mass is 9.84. The van der Waals surface area contributed by atoms with Crippen molar-refractivity contribution in [1.82, 2.24) is 0 Å². The summed E-state index contributed by atoms with van der Waals surface area (Å²) >= 11 is 0. The van der Waals surface area contributed by atoms with Gasteiger partial charge in [0.15, 0.2) is 0 Å². The fourth-order valence-electron chi connectivity index (χ4n) is 10.5. The second-order valence-electron chi connectivity index (χ2n) is 15.9. The molecule has 0 atom stereocenters. The second-order valence-corrected chi connectivity index (χ2v) is 15.9. The third-order valence-electron chi connectivity index (χ3n) is 12.8. The molecule has 0 aliphatic heterocycles. The van der Waals surface area contributed by atoms with Gasteiger partial charge >= 0.3 is 0 Å². The van der Waals surface area contributed by atoms with Crippen molar-refractivity contribution >= 4 is 75.4 Å². The van der Waals surface area contributed by atoms with E-state index in [9.17, 15) is 5.26 Å². The molecule has 0 N–H and O–H groups in total. The zero-order valence-corrected chi connectivity index (χ0v) is 32.2. The van der Waals surface area contributed by atoms with Crippen molar-refractivity contribution in [2.24, 2.45) is 0 Å². The van der Waals surface area contributed by atoms with Gasteiger partial charge in [0.05, 0.1) is 11.6 Å². The van der Waals surface area contributed by atoms with E-state index in [1.54, 1.807) is 0 Å². The predicted molar refractivity (Wildman–Crippen MR) is 247 cm³/mol. The quantitative estimate of drug-likeness (QED) is 0.165. The first kappa shape index (κ1) is 32.7. The Morgan fingerprint density at radius 1 is 0.310 bits per heavy atom. The highest BCUT2D eigenvalue weighted by Crippen LogP contribution is 2.55. The molecule has 58 heavy (non-hydrogen) atoms. The van der Waals surface area contributed by atoms with Crippen LogP contribution in [0.5, 0.6) is 0 Å². The maximum Gasteiger partial charge on any atom is 0.0991 e. The molecule has 0 aromatic heterocycles. The summed E-state index contributed by atoms with van der Waals surface area (Å²) in [5, 5.41) is 27.7. The van der Waals surface area contributed by atoms with Crippen LogP contribution in [0.2, 0.25) is 0 Å². The van der Waals surface area contributed by atoms with Gasteiger partial charge in [-0.2, -0.15) is 5.26 Å². The molecule has 0 amide bonds. The van der Waals surface area contributed by atoms with Gasteiger partial charge in [-0.1, -0.05) is 158 Å². The molecule has 1 heteroatoms. The lowest BCUT2D eigenvalue weighted by molar-refractivity contribution is 1.38. The lowest BCUT2D eigenvalue weighted by Gasteiger charge is -2.19. The predicted octanol–water partition coefficient (Wildman–Crippen LogP) is 15.8. The highest BCUT2D eigenvalue weighted by Gasteiger charge is 2.27. The van der Waals surface area contributed by atoms with E-state index in [0.717, 1.165) is 5.56 Å². The lowest BCUT2D eigenvalue weighted by Crippen LogP contribution is -1.92. The Hall–Kier alpha value is -7.53. The smallest absolute Gasteiger partial charge is 0.0991 e. The summed E-state index contributed by atoms with van der Waals surface area (Å²) in [5.74, 6) is 0. The summed E-state index contributed by atoms with van der Waals surface area (Å²) < 4.78 is 0. The summed E-state index contributed by atoms with van der Waals surface area (Å²) in [6.45, 7) is 4.47. The summed E-state index contributed by atoms with van der Waals surface area (Å²) in [7, 11) is 0. The number of rotatable bonds is 4. The molecule has 12 rings (SSSR count). The number of fused-ring (bicyclic) bond motifs is 8. The average molecular weight is 734 g/mol. The molecule has 268 valence electrons. The Kier molecular flexibility index (Phi) is 6.89. The van der Waals surface area contributed by atoms with Crippen molar-refractivity contribution in [3.8, 4) is 50.6 Å². The third kappa shape index (κ3) is 4.46. The number of hydrogen-bond acceptors (Lipinski definition) is 1. The summed E-state index contributed by atoms with van der Waals surface area (Å²) in [4.78, 5) is 0. The van der Waals surface area contributed by atoms with E-state index >= 15 is 0 Å². The summed E-state index contributed by atoms with van der Waals surface area (Å²) in [5.41, 5.74) is 13.0. The van der Waals surface area contributed by atoms with Crippen molar-refractivity contribution in [3.63, 3.8) is 0 Å². The molecule has 0 radical (unpaired) electrons. The van der Waals surface area contributed by atoms with E-state index in [2.05, 4.69) is 184 Å². The zero-order chi connectivity index (χ0) is 38.6. The molecule has 12 aromatic rings. The maximum atomic E-state index is 9.38. The molecule has 0 saturated carbocycles. The number of nitrogens with zero attached hydrogens (tertiary/aromatic N) is 1. The molecule has 0 heterocycles. The molecule has 0 saturated heterocycles. The van der Waals surface area contributed by atoms with Crippen LogP contribution in [0.15, 0.2) is 176 Å². The van der Waals surface area contributed by atoms with E-state index in [-0.39, 0.29) is 0 Å². The van der Waals surface area contributed by atoms with E-state index in [4.69, 9.17) is 0 Å². The fourth-order valence-corrected chi connectivity index (χ4v) is 10.5. The van der Waals surface area contributed by atoms with Crippen LogP contribution in [-0.2, 0) is 0 Å². The molecular weight excluding hydrogens is 699 g/mol. The van der Waals surface area contributed by atoms with Crippen molar-refractivity contribution < 1.29 is 0 Å². The number of aryl methyl sites for hydroxylation is 2. The molecular formula is C57H35N. The Morgan fingerprint density at radius 2 is 0.828 bits per heavy atom. The SMILES string of the molecule is Cc1cc(-c2ccc(C#N)cc2)cc(C)c1-c1ccc2c3c(-c4ccccc4)c4cc5c6ccccc6c6cccc(c4c(-c4ccccc4)c3c3cccc1c23)c65. The minimum atomic E-state index is 0.674. The molecule has 0 unspecified atom stereocenters. The maximum absolute atomic E-state index is 9.38. The molecule has 12 aromatic carbocycles. The first-order valence-corrected chi connectivity index (χ1v) is 20.1. The summed E-state index contributed by atoms with van der Waals surface area (Å²) in [6, 6.07) is 67.0. The Labute approximate surface area is 336 Å². The first-order chi connectivity index (χ1) is 28.6. The fraction of sp³-hybridized carbons (Fsp3) is 0.0351. The van der Waals surface area contributed by atoms with Gasteiger partial charge in [-0.25, -0.2) is 0 Å². The Morgan fingerprint density at radius 3 is 1.50 bits per heavy atom. The van der Waals surface area contributed by atoms with Crippen LogP contribution in [-0.4, -0.2) is 0 Å². The van der Waals surface area contributed by atoms with Crippen LogP contribution in [0.1, 0.15) is 16.7 Å². The highest BCUT2D eigenvalue weighted by molar-refractivity contribution is 6.45. The van der Waals surface area contributed by atoms with Gasteiger partial charge in [-0.3, -0.25) is 0 Å². The van der Waals surface area contributed by atoms with Crippen LogP contribution in [0, 0.1) is 25.2 Å². The topological polar surface area (TPSA) is 23.8 Å². The van der Waals surface area contributed by atoms with Crippen LogP contribution in [0.4, 0.5) is 0 Å². The molecule has 0 fully saturated rings. The minimum Gasteiger partial charge on any atom is -0.192 e. The average Bonchev–Trinajstić information content (AvgIpc) is 3.78. The molecule has 0 aliphatic rings. The number of hydrogen-bond donors (Lipinski definition) is 0. The van der Waals surface area contributed by atoms with Crippen LogP contribution < -0.4 is 0 Å². The van der Waals surface area contributed by atoms with E-state index in [1.165, 1.54) is 125 Å². The van der Waals surface area contributed by atoms with E-state index in [0.29, 0.717) is 5.56 Å². The van der Waals surface area contributed by atoms with Crippen molar-refractivity contribution in [1.29, 1.82) is 5.26 Å². The van der Waals surface area contributed by atoms with Crippen LogP contribution in [0.25, 0.3) is 120 Å². The third-order valence-corrected chi connectivity index (χ3v) is 12.8. The first-order valence-electron chi connectivity index (χ1n) is 20.1. The van der Waals surface area contributed by atoms with Crippen molar-refractivity contribution in [2.75, 3.05) is 0 Å². The monoisotopic (exact) mass is 733 g/mol. The van der Waals surface area contributed by atoms with E-state index < -0.39 is 0 Å². The van der Waals surface area contributed by atoms with E-state index in [1.807, 2.05) is 12.1 Å². The molecule has 0 spiro atoms. The number of benzene rings is 10. The molecule has 0 aliphatic carbocycles. The van der Waals surface area contributed by atoms with Gasteiger partial charge in [0.25, 0.3) is 0 Å². The van der Waals surface area contributed by atoms with Gasteiger partial charge in [-0.05, 0) is 163 Å². The zero-order valence-electron chi connectivity index (χ0n) is 32.2. The largest absolute Gasteiger partial charge is 0.192 e. The van der Waals surface area contributed by atoms with Gasteiger partial charge in [0.1, 0.15) is 0 Å². The second kappa shape index (κ2) is 12.2. The Balaban J connectivity index is 1.26. The Bertz CT molecular complexity index is 3640. The van der Waals surface area contributed by atoms with Gasteiger partial charge < -0.3 is 0 Å². The summed E-state index contributed by atoms with van der Waals surface area (Å²) in [6.07, 6.45) is 0. The normalized spacial score (nSPS) is 11.9.